The Bertz CT molecular complexity index is 591. The van der Waals surface area contributed by atoms with Crippen LogP contribution in [0.3, 0.4) is 0 Å². The zero-order valence-corrected chi connectivity index (χ0v) is 10.4. The van der Waals surface area contributed by atoms with Gasteiger partial charge < -0.3 is 15.5 Å². The van der Waals surface area contributed by atoms with Crippen molar-refractivity contribution in [1.82, 2.24) is 10.3 Å². The second-order valence-corrected chi connectivity index (χ2v) is 4.12. The Kier molecular flexibility index (Phi) is 3.66. The molecule has 0 unspecified atom stereocenters. The molecular formula is C14H14N2O3. The Hall–Kier alpha value is -2.56. The lowest BCUT2D eigenvalue weighted by molar-refractivity contribution is 0.0945. The van der Waals surface area contributed by atoms with E-state index in [-0.39, 0.29) is 23.6 Å². The summed E-state index contributed by atoms with van der Waals surface area (Å²) in [5, 5.41) is 21.7. The minimum atomic E-state index is -0.543. The van der Waals surface area contributed by atoms with Gasteiger partial charge in [-0.05, 0) is 31.2 Å². The van der Waals surface area contributed by atoms with Crippen LogP contribution in [0, 0.1) is 6.92 Å². The van der Waals surface area contributed by atoms with Crippen LogP contribution in [0.25, 0.3) is 0 Å². The Balaban J connectivity index is 2.10. The third-order valence-electron chi connectivity index (χ3n) is 2.62. The van der Waals surface area contributed by atoms with Crippen molar-refractivity contribution in [3.05, 3.63) is 53.3 Å². The van der Waals surface area contributed by atoms with Crippen molar-refractivity contribution in [3.63, 3.8) is 0 Å². The van der Waals surface area contributed by atoms with E-state index in [2.05, 4.69) is 10.3 Å². The minimum absolute atomic E-state index is 0.129. The highest BCUT2D eigenvalue weighted by atomic mass is 16.3. The van der Waals surface area contributed by atoms with Gasteiger partial charge in [0.15, 0.2) is 0 Å². The highest BCUT2D eigenvalue weighted by Gasteiger charge is 2.15. The summed E-state index contributed by atoms with van der Waals surface area (Å²) in [7, 11) is 0. The zero-order valence-electron chi connectivity index (χ0n) is 10.4. The Morgan fingerprint density at radius 2 is 1.79 bits per heavy atom. The normalized spacial score (nSPS) is 10.2. The van der Waals surface area contributed by atoms with Crippen LogP contribution in [0.2, 0.25) is 0 Å². The van der Waals surface area contributed by atoms with Crippen molar-refractivity contribution < 1.29 is 15.0 Å². The predicted octanol–water partition coefficient (Wildman–Crippen LogP) is 1.73. The summed E-state index contributed by atoms with van der Waals surface area (Å²) in [6.45, 7) is 2.09. The molecule has 1 aromatic carbocycles. The number of pyridine rings is 1. The van der Waals surface area contributed by atoms with E-state index in [0.717, 1.165) is 5.69 Å². The molecule has 1 aromatic heterocycles. The molecule has 0 atom stereocenters. The summed E-state index contributed by atoms with van der Waals surface area (Å²) in [5.41, 5.74) is 1.44. The average molecular weight is 258 g/mol. The molecule has 0 saturated carbocycles. The van der Waals surface area contributed by atoms with Gasteiger partial charge in [0.05, 0.1) is 12.2 Å². The second-order valence-electron chi connectivity index (χ2n) is 4.12. The molecule has 2 rings (SSSR count). The van der Waals surface area contributed by atoms with Crippen LogP contribution in [-0.4, -0.2) is 21.1 Å². The van der Waals surface area contributed by atoms with Crippen LogP contribution in [0.15, 0.2) is 36.4 Å². The number of benzene rings is 1. The number of amides is 1. The Morgan fingerprint density at radius 3 is 2.42 bits per heavy atom. The van der Waals surface area contributed by atoms with E-state index in [1.807, 2.05) is 19.1 Å². The number of nitrogens with zero attached hydrogens (tertiary/aromatic N) is 1. The standard InChI is InChI=1S/C14H14N2O3/c1-9-4-2-5-10(16-9)8-15-14(19)13-11(17)6-3-7-12(13)18/h2-7,17-18H,8H2,1H3,(H,15,19). The van der Waals surface area contributed by atoms with E-state index in [1.54, 1.807) is 6.07 Å². The predicted molar refractivity (Wildman–Crippen MR) is 69.9 cm³/mol. The summed E-state index contributed by atoms with van der Waals surface area (Å²) < 4.78 is 0. The van der Waals surface area contributed by atoms with Gasteiger partial charge in [-0.15, -0.1) is 0 Å². The zero-order chi connectivity index (χ0) is 13.8. The number of hydrogen-bond acceptors (Lipinski definition) is 4. The first-order valence-electron chi connectivity index (χ1n) is 5.79. The minimum Gasteiger partial charge on any atom is -0.507 e. The third-order valence-corrected chi connectivity index (χ3v) is 2.62. The number of aromatic nitrogens is 1. The van der Waals surface area contributed by atoms with Gasteiger partial charge in [0.2, 0.25) is 0 Å². The summed E-state index contributed by atoms with van der Waals surface area (Å²) in [6, 6.07) is 9.65. The lowest BCUT2D eigenvalue weighted by atomic mass is 10.1. The molecule has 1 amide bonds. The average Bonchev–Trinajstić information content (AvgIpc) is 2.36. The van der Waals surface area contributed by atoms with Gasteiger partial charge in [0.25, 0.3) is 5.91 Å². The summed E-state index contributed by atoms with van der Waals surface area (Å²) >= 11 is 0. The first-order valence-corrected chi connectivity index (χ1v) is 5.79. The van der Waals surface area contributed by atoms with Crippen molar-refractivity contribution in [2.75, 3.05) is 0 Å². The maximum absolute atomic E-state index is 11.9. The van der Waals surface area contributed by atoms with Gasteiger partial charge in [0.1, 0.15) is 17.1 Å². The quantitative estimate of drug-likeness (QED) is 0.783. The lowest BCUT2D eigenvalue weighted by Crippen LogP contribution is -2.23. The smallest absolute Gasteiger partial charge is 0.259 e. The van der Waals surface area contributed by atoms with E-state index < -0.39 is 5.91 Å². The van der Waals surface area contributed by atoms with Crippen molar-refractivity contribution in [2.24, 2.45) is 0 Å². The van der Waals surface area contributed by atoms with Gasteiger partial charge in [-0.25, -0.2) is 0 Å². The largest absolute Gasteiger partial charge is 0.507 e. The fraction of sp³-hybridized carbons (Fsp3) is 0.143. The Morgan fingerprint density at radius 1 is 1.16 bits per heavy atom. The van der Waals surface area contributed by atoms with E-state index in [9.17, 15) is 15.0 Å². The first-order chi connectivity index (χ1) is 9.08. The molecule has 2 aromatic rings. The molecule has 19 heavy (non-hydrogen) atoms. The van der Waals surface area contributed by atoms with Crippen molar-refractivity contribution >= 4 is 5.91 Å². The molecule has 5 nitrogen and oxygen atoms in total. The molecule has 0 aliphatic rings. The number of rotatable bonds is 3. The molecule has 0 aliphatic carbocycles. The summed E-state index contributed by atoms with van der Waals surface area (Å²) in [5.74, 6) is -1.05. The maximum atomic E-state index is 11.9. The number of phenolic OH excluding ortho intramolecular Hbond substituents is 2. The molecule has 5 heteroatoms. The number of nitrogens with one attached hydrogen (secondary N) is 1. The van der Waals surface area contributed by atoms with Gasteiger partial charge in [-0.3, -0.25) is 9.78 Å². The highest BCUT2D eigenvalue weighted by Crippen LogP contribution is 2.25. The van der Waals surface area contributed by atoms with Crippen LogP contribution in [0.1, 0.15) is 21.7 Å². The number of phenols is 2. The molecule has 1 heterocycles. The molecule has 0 radical (unpaired) electrons. The topological polar surface area (TPSA) is 82.5 Å². The molecule has 0 aliphatic heterocycles. The summed E-state index contributed by atoms with van der Waals surface area (Å²) in [4.78, 5) is 16.1. The van der Waals surface area contributed by atoms with Crippen LogP contribution in [-0.2, 0) is 6.54 Å². The SMILES string of the molecule is Cc1cccc(CNC(=O)c2c(O)cccc2O)n1. The molecule has 0 spiro atoms. The van der Waals surface area contributed by atoms with Gasteiger partial charge in [-0.1, -0.05) is 12.1 Å². The maximum Gasteiger partial charge on any atom is 0.259 e. The van der Waals surface area contributed by atoms with Crippen LogP contribution in [0.5, 0.6) is 11.5 Å². The van der Waals surface area contributed by atoms with E-state index >= 15 is 0 Å². The van der Waals surface area contributed by atoms with Gasteiger partial charge >= 0.3 is 0 Å². The Labute approximate surface area is 110 Å². The molecule has 3 N–H and O–H groups in total. The third kappa shape index (κ3) is 3.01. The number of aromatic hydroxyl groups is 2. The monoisotopic (exact) mass is 258 g/mol. The molecule has 98 valence electrons. The number of carbonyl (C=O) groups excluding carboxylic acids is 1. The molecule has 0 bridgehead atoms. The number of aryl methyl sites for hydroxylation is 1. The van der Waals surface area contributed by atoms with Crippen molar-refractivity contribution in [1.29, 1.82) is 0 Å². The van der Waals surface area contributed by atoms with Crippen LogP contribution < -0.4 is 5.32 Å². The van der Waals surface area contributed by atoms with E-state index in [4.69, 9.17) is 0 Å². The number of carbonyl (C=O) groups is 1. The molecule has 0 fully saturated rings. The summed E-state index contributed by atoms with van der Waals surface area (Å²) in [6.07, 6.45) is 0. The van der Waals surface area contributed by atoms with Crippen LogP contribution in [0.4, 0.5) is 0 Å². The fourth-order valence-corrected chi connectivity index (χ4v) is 1.72. The van der Waals surface area contributed by atoms with Crippen molar-refractivity contribution in [2.45, 2.75) is 13.5 Å². The molecular weight excluding hydrogens is 244 g/mol. The second kappa shape index (κ2) is 5.39. The fourth-order valence-electron chi connectivity index (χ4n) is 1.72. The first kappa shape index (κ1) is 12.9. The van der Waals surface area contributed by atoms with E-state index in [1.165, 1.54) is 18.2 Å². The molecule has 0 saturated heterocycles. The lowest BCUT2D eigenvalue weighted by Gasteiger charge is -2.08. The highest BCUT2D eigenvalue weighted by molar-refractivity contribution is 5.99. The van der Waals surface area contributed by atoms with Crippen molar-refractivity contribution in [3.8, 4) is 11.5 Å². The van der Waals surface area contributed by atoms with E-state index in [0.29, 0.717) is 5.69 Å². The van der Waals surface area contributed by atoms with Gasteiger partial charge in [0, 0.05) is 5.69 Å². The van der Waals surface area contributed by atoms with Crippen LogP contribution >= 0.6 is 0 Å². The van der Waals surface area contributed by atoms with Gasteiger partial charge in [-0.2, -0.15) is 0 Å². The number of hydrogen-bond donors (Lipinski definition) is 3.